The van der Waals surface area contributed by atoms with Crippen molar-refractivity contribution in [2.75, 3.05) is 13.6 Å². The summed E-state index contributed by atoms with van der Waals surface area (Å²) in [6, 6.07) is 8.22. The van der Waals surface area contributed by atoms with E-state index in [1.54, 1.807) is 0 Å². The molecule has 132 valence electrons. The van der Waals surface area contributed by atoms with E-state index in [-0.39, 0.29) is 0 Å². The zero-order valence-corrected chi connectivity index (χ0v) is 16.7. The molecule has 0 amide bonds. The molecule has 24 heavy (non-hydrogen) atoms. The summed E-state index contributed by atoms with van der Waals surface area (Å²) in [4.78, 5) is 2.38. The molecule has 0 N–H and O–H groups in total. The molecule has 1 heterocycles. The Morgan fingerprint density at radius 3 is 2.42 bits per heavy atom. The van der Waals surface area contributed by atoms with Gasteiger partial charge in [-0.3, -0.25) is 0 Å². The quantitative estimate of drug-likeness (QED) is 0.450. The van der Waals surface area contributed by atoms with Crippen LogP contribution in [0.1, 0.15) is 56.7 Å². The summed E-state index contributed by atoms with van der Waals surface area (Å²) in [5.74, 6) is 0.898. The maximum absolute atomic E-state index is 5.60. The van der Waals surface area contributed by atoms with Gasteiger partial charge in [0.15, 0.2) is 5.76 Å². The van der Waals surface area contributed by atoms with E-state index in [1.165, 1.54) is 44.1 Å². The molecule has 0 fully saturated rings. The predicted molar refractivity (Wildman–Crippen MR) is 104 cm³/mol. The summed E-state index contributed by atoms with van der Waals surface area (Å²) >= 11 is 3.48. The molecule has 0 atom stereocenters. The number of nitrogens with zero attached hydrogens (tertiary/aromatic N) is 2. The van der Waals surface area contributed by atoms with Gasteiger partial charge in [0.1, 0.15) is 0 Å². The Morgan fingerprint density at radius 1 is 1.04 bits per heavy atom. The van der Waals surface area contributed by atoms with Crippen LogP contribution in [0.4, 0.5) is 0 Å². The molecule has 0 bridgehead atoms. The molecule has 0 saturated carbocycles. The van der Waals surface area contributed by atoms with Gasteiger partial charge in [-0.15, -0.1) is 0 Å². The van der Waals surface area contributed by atoms with Crippen LogP contribution in [-0.2, 0) is 6.54 Å². The van der Waals surface area contributed by atoms with Crippen LogP contribution in [-0.4, -0.2) is 23.6 Å². The smallest absolute Gasteiger partial charge is 0.171 e. The molecule has 0 radical (unpaired) electrons. The molecular formula is C20H29BrN2O. The number of hydrogen-bond donors (Lipinski definition) is 0. The molecule has 2 rings (SSSR count). The van der Waals surface area contributed by atoms with Crippen LogP contribution < -0.4 is 0 Å². The lowest BCUT2D eigenvalue weighted by Gasteiger charge is -2.16. The molecule has 0 spiro atoms. The van der Waals surface area contributed by atoms with Crippen LogP contribution in [0.5, 0.6) is 0 Å². The van der Waals surface area contributed by atoms with Crippen molar-refractivity contribution in [1.29, 1.82) is 0 Å². The van der Waals surface area contributed by atoms with Crippen molar-refractivity contribution in [3.8, 4) is 11.3 Å². The largest absolute Gasteiger partial charge is 0.356 e. The molecule has 0 aliphatic carbocycles. The number of rotatable bonds is 10. The SMILES string of the molecule is CCCCCCCCN(C)Cc1c(C)noc1-c1ccc(Br)cc1. The average molecular weight is 393 g/mol. The van der Waals surface area contributed by atoms with Crippen LogP contribution in [0, 0.1) is 6.92 Å². The standard InChI is InChI=1S/C20H29BrN2O/c1-4-5-6-7-8-9-14-23(3)15-19-16(2)22-24-20(19)17-10-12-18(21)13-11-17/h10-13H,4-9,14-15H2,1-3H3. The van der Waals surface area contributed by atoms with Crippen molar-refractivity contribution >= 4 is 15.9 Å². The van der Waals surface area contributed by atoms with Crippen molar-refractivity contribution in [1.82, 2.24) is 10.1 Å². The fourth-order valence-electron chi connectivity index (χ4n) is 2.91. The molecule has 0 aliphatic heterocycles. The number of aromatic nitrogens is 1. The highest BCUT2D eigenvalue weighted by Crippen LogP contribution is 2.28. The summed E-state index contributed by atoms with van der Waals surface area (Å²) < 4.78 is 6.67. The van der Waals surface area contributed by atoms with Gasteiger partial charge < -0.3 is 9.42 Å². The Hall–Kier alpha value is -1.13. The van der Waals surface area contributed by atoms with Crippen molar-refractivity contribution in [3.05, 3.63) is 40.0 Å². The minimum atomic E-state index is 0.885. The van der Waals surface area contributed by atoms with Crippen LogP contribution in [0.2, 0.25) is 0 Å². The van der Waals surface area contributed by atoms with Crippen LogP contribution >= 0.6 is 15.9 Å². The second kappa shape index (κ2) is 10.00. The van der Waals surface area contributed by atoms with E-state index in [0.29, 0.717) is 0 Å². The second-order valence-corrected chi connectivity index (χ2v) is 7.50. The zero-order chi connectivity index (χ0) is 17.4. The van der Waals surface area contributed by atoms with E-state index < -0.39 is 0 Å². The molecule has 4 heteroatoms. The number of benzene rings is 1. The minimum Gasteiger partial charge on any atom is -0.356 e. The van der Waals surface area contributed by atoms with Crippen molar-refractivity contribution in [2.24, 2.45) is 0 Å². The third kappa shape index (κ3) is 5.75. The first kappa shape index (κ1) is 19.2. The Labute approximate surface area is 154 Å². The number of unbranched alkanes of at least 4 members (excludes halogenated alkanes) is 5. The Bertz CT molecular complexity index is 607. The third-order valence-corrected chi connectivity index (χ3v) is 4.94. The van der Waals surface area contributed by atoms with Gasteiger partial charge in [-0.05, 0) is 39.1 Å². The highest BCUT2D eigenvalue weighted by molar-refractivity contribution is 9.10. The van der Waals surface area contributed by atoms with Crippen LogP contribution in [0.25, 0.3) is 11.3 Å². The average Bonchev–Trinajstić information content (AvgIpc) is 2.92. The van der Waals surface area contributed by atoms with Gasteiger partial charge in [0.25, 0.3) is 0 Å². The summed E-state index contributed by atoms with van der Waals surface area (Å²) in [5.41, 5.74) is 3.27. The molecule has 1 aromatic heterocycles. The van der Waals surface area contributed by atoms with Crippen molar-refractivity contribution in [3.63, 3.8) is 0 Å². The van der Waals surface area contributed by atoms with E-state index in [1.807, 2.05) is 19.1 Å². The first-order valence-electron chi connectivity index (χ1n) is 9.01. The maximum atomic E-state index is 5.60. The topological polar surface area (TPSA) is 29.3 Å². The van der Waals surface area contributed by atoms with Crippen molar-refractivity contribution in [2.45, 2.75) is 58.9 Å². The normalized spacial score (nSPS) is 11.4. The minimum absolute atomic E-state index is 0.885. The lowest BCUT2D eigenvalue weighted by molar-refractivity contribution is 0.315. The monoisotopic (exact) mass is 392 g/mol. The first-order valence-corrected chi connectivity index (χ1v) is 9.80. The summed E-state index contributed by atoms with van der Waals surface area (Å²) in [7, 11) is 2.18. The molecule has 0 unspecified atom stereocenters. The van der Waals surface area contributed by atoms with E-state index in [0.717, 1.165) is 34.6 Å². The third-order valence-electron chi connectivity index (χ3n) is 4.41. The zero-order valence-electron chi connectivity index (χ0n) is 15.1. The molecule has 1 aromatic carbocycles. The lowest BCUT2D eigenvalue weighted by Crippen LogP contribution is -2.19. The van der Waals surface area contributed by atoms with Crippen LogP contribution in [0.15, 0.2) is 33.3 Å². The van der Waals surface area contributed by atoms with Crippen molar-refractivity contribution < 1.29 is 4.52 Å². The fourth-order valence-corrected chi connectivity index (χ4v) is 3.18. The molecule has 0 saturated heterocycles. The summed E-state index contributed by atoms with van der Waals surface area (Å²) in [5, 5.41) is 4.19. The Balaban J connectivity index is 1.90. The highest BCUT2D eigenvalue weighted by Gasteiger charge is 2.16. The fraction of sp³-hybridized carbons (Fsp3) is 0.550. The van der Waals surface area contributed by atoms with E-state index in [9.17, 15) is 0 Å². The Morgan fingerprint density at radius 2 is 1.71 bits per heavy atom. The highest BCUT2D eigenvalue weighted by atomic mass is 79.9. The molecule has 3 nitrogen and oxygen atoms in total. The van der Waals surface area contributed by atoms with Gasteiger partial charge in [0.05, 0.1) is 5.69 Å². The van der Waals surface area contributed by atoms with E-state index in [2.05, 4.69) is 52.1 Å². The molecule has 0 aliphatic rings. The van der Waals surface area contributed by atoms with Gasteiger partial charge in [-0.25, -0.2) is 0 Å². The predicted octanol–water partition coefficient (Wildman–Crippen LogP) is 6.20. The summed E-state index contributed by atoms with van der Waals surface area (Å²) in [6.07, 6.45) is 8.00. The van der Waals surface area contributed by atoms with Gasteiger partial charge in [-0.1, -0.05) is 72.2 Å². The van der Waals surface area contributed by atoms with Crippen LogP contribution in [0.3, 0.4) is 0 Å². The first-order chi connectivity index (χ1) is 11.6. The lowest BCUT2D eigenvalue weighted by atomic mass is 10.1. The van der Waals surface area contributed by atoms with Gasteiger partial charge in [0.2, 0.25) is 0 Å². The number of hydrogen-bond acceptors (Lipinski definition) is 3. The van der Waals surface area contributed by atoms with Gasteiger partial charge in [-0.2, -0.15) is 0 Å². The summed E-state index contributed by atoms with van der Waals surface area (Å²) in [6.45, 7) is 6.30. The second-order valence-electron chi connectivity index (χ2n) is 6.59. The van der Waals surface area contributed by atoms with E-state index >= 15 is 0 Å². The Kier molecular flexibility index (Phi) is 8.00. The van der Waals surface area contributed by atoms with Gasteiger partial charge in [0, 0.05) is 22.1 Å². The molecular weight excluding hydrogens is 364 g/mol. The van der Waals surface area contributed by atoms with E-state index in [4.69, 9.17) is 4.52 Å². The number of halogens is 1. The maximum Gasteiger partial charge on any atom is 0.171 e. The van der Waals surface area contributed by atoms with Gasteiger partial charge >= 0.3 is 0 Å². The number of aryl methyl sites for hydroxylation is 1. The molecule has 2 aromatic rings.